The second-order valence-corrected chi connectivity index (χ2v) is 7.68. The van der Waals surface area contributed by atoms with E-state index in [1.807, 2.05) is 36.4 Å². The number of carbonyl (C=O) groups excluding carboxylic acids is 2. The summed E-state index contributed by atoms with van der Waals surface area (Å²) in [6.07, 6.45) is 0. The Morgan fingerprint density at radius 1 is 1.06 bits per heavy atom. The van der Waals surface area contributed by atoms with Crippen molar-refractivity contribution in [3.05, 3.63) is 111 Å². The summed E-state index contributed by atoms with van der Waals surface area (Å²) in [5.74, 6) is 0.154. The second-order valence-electron chi connectivity index (χ2n) is 7.68. The topological polar surface area (TPSA) is 123 Å². The Morgan fingerprint density at radius 3 is 2.50 bits per heavy atom. The van der Waals surface area contributed by atoms with Crippen molar-refractivity contribution in [1.82, 2.24) is 10.6 Å². The van der Waals surface area contributed by atoms with Gasteiger partial charge >= 0.3 is 6.03 Å². The van der Waals surface area contributed by atoms with Crippen molar-refractivity contribution in [2.24, 2.45) is 0 Å². The third-order valence-corrected chi connectivity index (χ3v) is 5.29. The maximum atomic E-state index is 13.2. The number of urea groups is 1. The van der Waals surface area contributed by atoms with Crippen molar-refractivity contribution in [3.63, 3.8) is 0 Å². The van der Waals surface area contributed by atoms with Gasteiger partial charge in [-0.1, -0.05) is 42.5 Å². The fraction of sp³-hybridized carbons (Fsp3) is 0.120. The van der Waals surface area contributed by atoms with Gasteiger partial charge in [0.25, 0.3) is 11.6 Å². The zero-order valence-electron chi connectivity index (χ0n) is 18.3. The molecule has 172 valence electrons. The summed E-state index contributed by atoms with van der Waals surface area (Å²) in [6.45, 7) is 2.03. The molecule has 3 amide bonds. The van der Waals surface area contributed by atoms with Crippen LogP contribution in [0, 0.1) is 10.1 Å². The molecule has 0 saturated heterocycles. The fourth-order valence-electron chi connectivity index (χ4n) is 3.63. The van der Waals surface area contributed by atoms with E-state index in [0.717, 1.165) is 5.56 Å². The molecule has 0 fully saturated rings. The first-order valence-electron chi connectivity index (χ1n) is 10.5. The highest BCUT2D eigenvalue weighted by Crippen LogP contribution is 2.30. The van der Waals surface area contributed by atoms with Gasteiger partial charge in [-0.2, -0.15) is 0 Å². The molecule has 1 aliphatic rings. The van der Waals surface area contributed by atoms with E-state index in [1.54, 1.807) is 25.1 Å². The van der Waals surface area contributed by atoms with Crippen LogP contribution in [0.3, 0.4) is 0 Å². The van der Waals surface area contributed by atoms with Gasteiger partial charge in [0.05, 0.1) is 16.5 Å². The van der Waals surface area contributed by atoms with Gasteiger partial charge in [0.2, 0.25) is 0 Å². The van der Waals surface area contributed by atoms with E-state index < -0.39 is 22.9 Å². The molecule has 9 nitrogen and oxygen atoms in total. The zero-order chi connectivity index (χ0) is 24.1. The lowest BCUT2D eigenvalue weighted by molar-refractivity contribution is -0.384. The van der Waals surface area contributed by atoms with Crippen molar-refractivity contribution >= 4 is 23.3 Å². The van der Waals surface area contributed by atoms with Crippen LogP contribution in [0.2, 0.25) is 0 Å². The maximum Gasteiger partial charge on any atom is 0.319 e. The average molecular weight is 458 g/mol. The number of allylic oxidation sites excluding steroid dienone is 1. The minimum Gasteiger partial charge on any atom is -0.489 e. The number of non-ortho nitro benzene ring substituents is 1. The predicted octanol–water partition coefficient (Wildman–Crippen LogP) is 4.44. The highest BCUT2D eigenvalue weighted by molar-refractivity contribution is 6.06. The van der Waals surface area contributed by atoms with E-state index in [1.165, 1.54) is 24.3 Å². The molecule has 0 bridgehead atoms. The smallest absolute Gasteiger partial charge is 0.319 e. The number of carbonyl (C=O) groups is 2. The van der Waals surface area contributed by atoms with E-state index in [0.29, 0.717) is 34.9 Å². The summed E-state index contributed by atoms with van der Waals surface area (Å²) in [7, 11) is 0. The standard InChI is InChI=1S/C25H22N4O5/c1-16-22(24(30)27-19-10-12-20(13-11-19)29(32)33)23(28-25(31)26-16)18-8-5-9-21(14-18)34-15-17-6-3-2-4-7-17/h2-14,23H,15H2,1H3,(H,27,30)(H2,26,28,31). The van der Waals surface area contributed by atoms with Gasteiger partial charge in [-0.05, 0) is 42.3 Å². The van der Waals surface area contributed by atoms with E-state index in [-0.39, 0.29) is 5.69 Å². The number of anilines is 1. The van der Waals surface area contributed by atoms with Crippen molar-refractivity contribution < 1.29 is 19.2 Å². The molecule has 0 aromatic heterocycles. The predicted molar refractivity (Wildman–Crippen MR) is 126 cm³/mol. The summed E-state index contributed by atoms with van der Waals surface area (Å²) in [6, 6.07) is 21.3. The highest BCUT2D eigenvalue weighted by atomic mass is 16.6. The number of nitrogens with zero attached hydrogens (tertiary/aromatic N) is 1. The van der Waals surface area contributed by atoms with Crippen LogP contribution in [0.1, 0.15) is 24.1 Å². The van der Waals surface area contributed by atoms with E-state index >= 15 is 0 Å². The van der Waals surface area contributed by atoms with E-state index in [2.05, 4.69) is 16.0 Å². The molecule has 34 heavy (non-hydrogen) atoms. The molecule has 0 aliphatic carbocycles. The fourth-order valence-corrected chi connectivity index (χ4v) is 3.63. The number of benzene rings is 3. The van der Waals surface area contributed by atoms with Crippen LogP contribution < -0.4 is 20.7 Å². The van der Waals surface area contributed by atoms with E-state index in [9.17, 15) is 19.7 Å². The second kappa shape index (κ2) is 9.86. The van der Waals surface area contributed by atoms with Crippen molar-refractivity contribution in [1.29, 1.82) is 0 Å². The van der Waals surface area contributed by atoms with Gasteiger partial charge in [0.1, 0.15) is 12.4 Å². The quantitative estimate of drug-likeness (QED) is 0.357. The summed E-state index contributed by atoms with van der Waals surface area (Å²) < 4.78 is 5.90. The van der Waals surface area contributed by atoms with Crippen LogP contribution in [0.25, 0.3) is 0 Å². The van der Waals surface area contributed by atoms with Gasteiger partial charge in [-0.3, -0.25) is 14.9 Å². The average Bonchev–Trinajstić information content (AvgIpc) is 2.83. The summed E-state index contributed by atoms with van der Waals surface area (Å²) in [5.41, 5.74) is 2.73. The Hall–Kier alpha value is -4.66. The molecule has 1 unspecified atom stereocenters. The first kappa shape index (κ1) is 22.5. The molecular weight excluding hydrogens is 436 g/mol. The van der Waals surface area contributed by atoms with Crippen LogP contribution >= 0.6 is 0 Å². The lowest BCUT2D eigenvalue weighted by atomic mass is 9.94. The van der Waals surface area contributed by atoms with Crippen LogP contribution in [0.15, 0.2) is 90.1 Å². The van der Waals surface area contributed by atoms with E-state index in [4.69, 9.17) is 4.74 Å². The van der Waals surface area contributed by atoms with Gasteiger partial charge in [-0.15, -0.1) is 0 Å². The van der Waals surface area contributed by atoms with Crippen LogP contribution in [-0.4, -0.2) is 16.9 Å². The molecule has 3 aromatic carbocycles. The molecule has 0 spiro atoms. The summed E-state index contributed by atoms with van der Waals surface area (Å²) >= 11 is 0. The summed E-state index contributed by atoms with van der Waals surface area (Å²) in [4.78, 5) is 35.7. The molecule has 0 radical (unpaired) electrons. The van der Waals surface area contributed by atoms with Gasteiger partial charge < -0.3 is 20.7 Å². The molecule has 0 saturated carbocycles. The molecule has 1 aliphatic heterocycles. The number of nitro groups is 1. The molecule has 3 N–H and O–H groups in total. The number of nitro benzene ring substituents is 1. The van der Waals surface area contributed by atoms with Gasteiger partial charge in [0, 0.05) is 23.5 Å². The number of hydrogen-bond donors (Lipinski definition) is 3. The van der Waals surface area contributed by atoms with Crippen LogP contribution in [0.5, 0.6) is 5.75 Å². The Kier molecular flexibility index (Phi) is 6.54. The number of amides is 3. The number of ether oxygens (including phenoxy) is 1. The molecule has 3 aromatic rings. The lowest BCUT2D eigenvalue weighted by Crippen LogP contribution is -2.45. The maximum absolute atomic E-state index is 13.2. The Morgan fingerprint density at radius 2 is 1.79 bits per heavy atom. The Labute approximate surface area is 195 Å². The number of hydrogen-bond acceptors (Lipinski definition) is 5. The minimum absolute atomic E-state index is 0.0785. The molecule has 1 atom stereocenters. The van der Waals surface area contributed by atoms with Crippen molar-refractivity contribution in [2.75, 3.05) is 5.32 Å². The third kappa shape index (κ3) is 5.21. The Balaban J connectivity index is 1.56. The van der Waals surface area contributed by atoms with Gasteiger partial charge in [0.15, 0.2) is 0 Å². The van der Waals surface area contributed by atoms with Crippen molar-refractivity contribution in [3.8, 4) is 5.75 Å². The first-order chi connectivity index (χ1) is 16.4. The minimum atomic E-state index is -0.716. The monoisotopic (exact) mass is 458 g/mol. The SMILES string of the molecule is CC1=C(C(=O)Nc2ccc([N+](=O)[O-])cc2)C(c2cccc(OCc3ccccc3)c2)NC(=O)N1. The Bertz CT molecular complexity index is 1260. The normalized spacial score (nSPS) is 15.2. The third-order valence-electron chi connectivity index (χ3n) is 5.29. The number of nitrogens with one attached hydrogen (secondary N) is 3. The highest BCUT2D eigenvalue weighted by Gasteiger charge is 2.31. The molecule has 1 heterocycles. The molecule has 4 rings (SSSR count). The largest absolute Gasteiger partial charge is 0.489 e. The first-order valence-corrected chi connectivity index (χ1v) is 10.5. The molecular formula is C25H22N4O5. The van der Waals surface area contributed by atoms with Gasteiger partial charge in [-0.25, -0.2) is 4.79 Å². The lowest BCUT2D eigenvalue weighted by Gasteiger charge is -2.29. The summed E-state index contributed by atoms with van der Waals surface area (Å²) in [5, 5.41) is 19.0. The number of rotatable bonds is 7. The van der Waals surface area contributed by atoms with Crippen LogP contribution in [-0.2, 0) is 11.4 Å². The zero-order valence-corrected chi connectivity index (χ0v) is 18.3. The molecule has 9 heteroatoms. The van der Waals surface area contributed by atoms with Crippen LogP contribution in [0.4, 0.5) is 16.2 Å². The van der Waals surface area contributed by atoms with Crippen molar-refractivity contribution in [2.45, 2.75) is 19.6 Å².